The maximum atomic E-state index is 3.78. The van der Waals surface area contributed by atoms with E-state index in [-0.39, 0.29) is 0 Å². The summed E-state index contributed by atoms with van der Waals surface area (Å²) in [5.41, 5.74) is 2.16. The lowest BCUT2D eigenvalue weighted by Gasteiger charge is -2.00. The predicted molar refractivity (Wildman–Crippen MR) is 88.9 cm³/mol. The highest BCUT2D eigenvalue weighted by atomic mass is 14.0. The van der Waals surface area contributed by atoms with Crippen LogP contribution in [-0.2, 0) is 0 Å². The standard InChI is InChI=1S/C14H18.2C2H6/c1-5-9-11-13(7-3)14(8-4)12-10-6-2;2*1-2/h5-12H,3-4H2,1-2H3;2*1-2H3/b9-5-,10-6-,13-11+,14-12+;;. The lowest BCUT2D eigenvalue weighted by Crippen LogP contribution is -1.80. The van der Waals surface area contributed by atoms with Gasteiger partial charge in [-0.25, -0.2) is 0 Å². The van der Waals surface area contributed by atoms with Crippen LogP contribution < -0.4 is 0 Å². The summed E-state index contributed by atoms with van der Waals surface area (Å²) < 4.78 is 0. The highest BCUT2D eigenvalue weighted by Crippen LogP contribution is 2.12. The lowest BCUT2D eigenvalue weighted by atomic mass is 10.1. The number of rotatable bonds is 5. The monoisotopic (exact) mass is 246 g/mol. The fourth-order valence-corrected chi connectivity index (χ4v) is 0.964. The molecule has 0 amide bonds. The maximum Gasteiger partial charge on any atom is -0.0190 e. The van der Waals surface area contributed by atoms with Gasteiger partial charge in [-0.3, -0.25) is 0 Å². The first kappa shape index (κ1) is 21.7. The zero-order valence-corrected chi connectivity index (χ0v) is 13.0. The van der Waals surface area contributed by atoms with Gasteiger partial charge >= 0.3 is 0 Å². The third-order valence-corrected chi connectivity index (χ3v) is 1.71. The van der Waals surface area contributed by atoms with Crippen LogP contribution in [0.25, 0.3) is 0 Å². The van der Waals surface area contributed by atoms with Gasteiger partial charge in [0.15, 0.2) is 0 Å². The second-order valence-corrected chi connectivity index (χ2v) is 2.70. The van der Waals surface area contributed by atoms with Crippen LogP contribution in [0.1, 0.15) is 41.5 Å². The minimum Gasteiger partial charge on any atom is -0.0984 e. The van der Waals surface area contributed by atoms with Crippen LogP contribution in [0.2, 0.25) is 0 Å². The van der Waals surface area contributed by atoms with E-state index < -0.39 is 0 Å². The molecule has 0 heterocycles. The molecule has 0 spiro atoms. The van der Waals surface area contributed by atoms with E-state index in [9.17, 15) is 0 Å². The van der Waals surface area contributed by atoms with Gasteiger partial charge in [-0.2, -0.15) is 0 Å². The predicted octanol–water partition coefficient (Wildman–Crippen LogP) is 6.42. The summed E-state index contributed by atoms with van der Waals surface area (Å²) in [7, 11) is 0. The van der Waals surface area contributed by atoms with Crippen LogP contribution in [-0.4, -0.2) is 0 Å². The molecule has 18 heavy (non-hydrogen) atoms. The summed E-state index contributed by atoms with van der Waals surface area (Å²) in [6.07, 6.45) is 15.6. The Morgan fingerprint density at radius 1 is 0.667 bits per heavy atom. The molecule has 0 unspecified atom stereocenters. The van der Waals surface area contributed by atoms with Gasteiger partial charge < -0.3 is 0 Å². The van der Waals surface area contributed by atoms with E-state index >= 15 is 0 Å². The Morgan fingerprint density at radius 3 is 1.11 bits per heavy atom. The van der Waals surface area contributed by atoms with Gasteiger partial charge in [-0.05, 0) is 25.0 Å². The maximum absolute atomic E-state index is 3.78. The molecule has 0 aliphatic rings. The zero-order chi connectivity index (χ0) is 14.8. The first-order chi connectivity index (χ1) is 8.79. The highest BCUT2D eigenvalue weighted by Gasteiger charge is 1.93. The Hall–Kier alpha value is -1.56. The van der Waals surface area contributed by atoms with Crippen LogP contribution in [0.4, 0.5) is 0 Å². The molecule has 0 saturated carbocycles. The van der Waals surface area contributed by atoms with Gasteiger partial charge in [0, 0.05) is 0 Å². The topological polar surface area (TPSA) is 0 Å². The molecule has 0 aliphatic carbocycles. The Balaban J connectivity index is -0.000000506. The van der Waals surface area contributed by atoms with Crippen molar-refractivity contribution >= 4 is 0 Å². The quantitative estimate of drug-likeness (QED) is 0.491. The van der Waals surface area contributed by atoms with E-state index in [0.29, 0.717) is 0 Å². The number of hydrogen-bond acceptors (Lipinski definition) is 0. The molecule has 0 rings (SSSR count). The molecule has 0 heteroatoms. The fourth-order valence-electron chi connectivity index (χ4n) is 0.964. The molecule has 0 aromatic rings. The fraction of sp³-hybridized carbons (Fsp3) is 0.333. The molecular weight excluding hydrogens is 216 g/mol. The molecule has 0 aromatic heterocycles. The van der Waals surface area contributed by atoms with Crippen LogP contribution >= 0.6 is 0 Å². The van der Waals surface area contributed by atoms with E-state index in [1.165, 1.54) is 0 Å². The van der Waals surface area contributed by atoms with E-state index in [2.05, 4.69) is 13.2 Å². The lowest BCUT2D eigenvalue weighted by molar-refractivity contribution is 1.50. The van der Waals surface area contributed by atoms with Gasteiger partial charge in [-0.1, -0.05) is 89.5 Å². The van der Waals surface area contributed by atoms with Crippen molar-refractivity contribution in [2.75, 3.05) is 0 Å². The molecule has 0 aliphatic heterocycles. The smallest absolute Gasteiger partial charge is 0.0190 e. The van der Waals surface area contributed by atoms with Crippen molar-refractivity contribution in [2.45, 2.75) is 41.5 Å². The Bertz CT molecular complexity index is 264. The molecule has 0 N–H and O–H groups in total. The van der Waals surface area contributed by atoms with Crippen molar-refractivity contribution in [3.8, 4) is 0 Å². The molecule has 0 radical (unpaired) electrons. The van der Waals surface area contributed by atoms with Crippen molar-refractivity contribution in [1.29, 1.82) is 0 Å². The van der Waals surface area contributed by atoms with Gasteiger partial charge in [0.05, 0.1) is 0 Å². The average Bonchev–Trinajstić information content (AvgIpc) is 2.47. The minimum atomic E-state index is 1.08. The molecule has 0 atom stereocenters. The zero-order valence-electron chi connectivity index (χ0n) is 13.0. The van der Waals surface area contributed by atoms with E-state index in [1.807, 2.05) is 90.2 Å². The van der Waals surface area contributed by atoms with Crippen LogP contribution in [0, 0.1) is 0 Å². The third kappa shape index (κ3) is 12.5. The van der Waals surface area contributed by atoms with Gasteiger partial charge in [-0.15, -0.1) is 0 Å². The first-order valence-electron chi connectivity index (χ1n) is 6.71. The van der Waals surface area contributed by atoms with Crippen LogP contribution in [0.5, 0.6) is 0 Å². The number of allylic oxidation sites excluding steroid dienone is 10. The molecule has 0 saturated heterocycles. The van der Waals surface area contributed by atoms with E-state index in [0.717, 1.165) is 11.1 Å². The molecule has 0 bridgehead atoms. The molecule has 0 nitrogen and oxygen atoms in total. The normalized spacial score (nSPS) is 11.4. The summed E-state index contributed by atoms with van der Waals surface area (Å²) in [6.45, 7) is 19.5. The van der Waals surface area contributed by atoms with E-state index in [1.54, 1.807) is 0 Å². The minimum absolute atomic E-state index is 1.08. The summed E-state index contributed by atoms with van der Waals surface area (Å²) in [5.74, 6) is 0. The van der Waals surface area contributed by atoms with Crippen LogP contribution in [0.15, 0.2) is 72.9 Å². The molecule has 0 fully saturated rings. The Kier molecular flexibility index (Phi) is 25.1. The summed E-state index contributed by atoms with van der Waals surface area (Å²) in [5, 5.41) is 0. The number of hydrogen-bond donors (Lipinski definition) is 0. The second kappa shape index (κ2) is 20.8. The Labute approximate surface area is 115 Å². The van der Waals surface area contributed by atoms with Gasteiger partial charge in [0.25, 0.3) is 0 Å². The van der Waals surface area contributed by atoms with Gasteiger partial charge in [0.2, 0.25) is 0 Å². The van der Waals surface area contributed by atoms with Crippen molar-refractivity contribution in [3.05, 3.63) is 72.9 Å². The molecular formula is C18H30. The first-order valence-corrected chi connectivity index (χ1v) is 6.71. The second-order valence-electron chi connectivity index (χ2n) is 2.70. The van der Waals surface area contributed by atoms with Crippen molar-refractivity contribution in [1.82, 2.24) is 0 Å². The van der Waals surface area contributed by atoms with Crippen molar-refractivity contribution in [2.24, 2.45) is 0 Å². The third-order valence-electron chi connectivity index (χ3n) is 1.71. The molecule has 0 aromatic carbocycles. The summed E-state index contributed by atoms with van der Waals surface area (Å²) in [6, 6.07) is 0. The van der Waals surface area contributed by atoms with Crippen LogP contribution in [0.3, 0.4) is 0 Å². The highest BCUT2D eigenvalue weighted by molar-refractivity contribution is 5.48. The largest absolute Gasteiger partial charge is 0.0984 e. The Morgan fingerprint density at radius 2 is 0.944 bits per heavy atom. The summed E-state index contributed by atoms with van der Waals surface area (Å²) >= 11 is 0. The van der Waals surface area contributed by atoms with Crippen molar-refractivity contribution < 1.29 is 0 Å². The van der Waals surface area contributed by atoms with E-state index in [4.69, 9.17) is 0 Å². The van der Waals surface area contributed by atoms with Gasteiger partial charge in [0.1, 0.15) is 0 Å². The molecule has 102 valence electrons. The average molecular weight is 246 g/mol. The SMILES string of the molecule is C=CC(=C\C=C/C)/C(C=C)=C/C=C\C.CC.CC. The summed E-state index contributed by atoms with van der Waals surface area (Å²) in [4.78, 5) is 0. The van der Waals surface area contributed by atoms with Crippen molar-refractivity contribution in [3.63, 3.8) is 0 Å².